The van der Waals surface area contributed by atoms with Gasteiger partial charge in [0.2, 0.25) is 0 Å². The molecule has 0 saturated carbocycles. The Labute approximate surface area is 157 Å². The van der Waals surface area contributed by atoms with Gasteiger partial charge in [-0.15, -0.1) is 11.3 Å². The van der Waals surface area contributed by atoms with Crippen molar-refractivity contribution in [1.29, 1.82) is 0 Å². The van der Waals surface area contributed by atoms with Crippen molar-refractivity contribution in [1.82, 2.24) is 25.3 Å². The number of imidazole rings is 1. The molecular weight excluding hydrogens is 366 g/mol. The normalized spacial score (nSPS) is 10.9. The summed E-state index contributed by atoms with van der Waals surface area (Å²) in [5.41, 5.74) is 1.03. The van der Waals surface area contributed by atoms with Crippen LogP contribution in [0.15, 0.2) is 46.7 Å². The molecule has 136 valence electrons. The smallest absolute Gasteiger partial charge is 0.264 e. The summed E-state index contributed by atoms with van der Waals surface area (Å²) in [6.45, 7) is 0.155. The number of ether oxygens (including phenoxy) is 1. The molecule has 0 radical (unpaired) electrons. The van der Waals surface area contributed by atoms with Crippen molar-refractivity contribution in [3.05, 3.63) is 63.7 Å². The van der Waals surface area contributed by atoms with Crippen molar-refractivity contribution in [3.63, 3.8) is 0 Å². The van der Waals surface area contributed by atoms with E-state index in [-0.39, 0.29) is 12.1 Å². The van der Waals surface area contributed by atoms with Gasteiger partial charge in [-0.3, -0.25) is 9.59 Å². The Balaban J connectivity index is 1.48. The molecule has 3 aromatic heterocycles. The van der Waals surface area contributed by atoms with Crippen LogP contribution in [0.4, 0.5) is 0 Å². The average molecular weight is 381 g/mol. The van der Waals surface area contributed by atoms with Crippen LogP contribution in [0.5, 0.6) is 5.75 Å². The lowest BCUT2D eigenvalue weighted by Gasteiger charge is -2.03. The summed E-state index contributed by atoms with van der Waals surface area (Å²) in [6, 6.07) is 9.17. The quantitative estimate of drug-likeness (QED) is 0.491. The first-order chi connectivity index (χ1) is 13.1. The lowest BCUT2D eigenvalue weighted by molar-refractivity contribution is 0.0948. The predicted octanol–water partition coefficient (Wildman–Crippen LogP) is 2.31. The summed E-state index contributed by atoms with van der Waals surface area (Å²) in [7, 11) is 1.59. The fraction of sp³-hybridized carbons (Fsp3) is 0.111. The van der Waals surface area contributed by atoms with Gasteiger partial charge in [0.1, 0.15) is 23.0 Å². The fourth-order valence-electron chi connectivity index (χ4n) is 2.61. The number of thiophene rings is 1. The van der Waals surface area contributed by atoms with E-state index in [1.54, 1.807) is 7.11 Å². The van der Waals surface area contributed by atoms with Gasteiger partial charge in [0.05, 0.1) is 29.6 Å². The van der Waals surface area contributed by atoms with Gasteiger partial charge in [-0.1, -0.05) is 6.07 Å². The Kier molecular flexibility index (Phi) is 4.43. The maximum absolute atomic E-state index is 12.3. The van der Waals surface area contributed by atoms with Crippen molar-refractivity contribution in [2.24, 2.45) is 0 Å². The second-order valence-corrected chi connectivity index (χ2v) is 6.65. The van der Waals surface area contributed by atoms with Crippen molar-refractivity contribution < 1.29 is 9.53 Å². The molecule has 4 aromatic rings. The van der Waals surface area contributed by atoms with Gasteiger partial charge in [0.25, 0.3) is 11.5 Å². The van der Waals surface area contributed by atoms with Crippen molar-refractivity contribution in [2.75, 3.05) is 7.11 Å². The number of carbonyl (C=O) groups excluding carboxylic acids is 1. The largest absolute Gasteiger partial charge is 0.497 e. The molecule has 3 heterocycles. The molecule has 0 spiro atoms. The van der Waals surface area contributed by atoms with Gasteiger partial charge in [-0.2, -0.15) is 0 Å². The molecule has 0 aliphatic carbocycles. The Morgan fingerprint density at radius 3 is 2.93 bits per heavy atom. The number of nitrogens with one attached hydrogen (secondary N) is 3. The molecule has 1 aromatic carbocycles. The minimum Gasteiger partial charge on any atom is -0.497 e. The number of rotatable bonds is 5. The predicted molar refractivity (Wildman–Crippen MR) is 102 cm³/mol. The minimum absolute atomic E-state index is 0.0481. The average Bonchev–Trinajstić information content (AvgIpc) is 3.34. The lowest BCUT2D eigenvalue weighted by atomic mass is 10.3. The zero-order valence-electron chi connectivity index (χ0n) is 14.3. The second-order valence-electron chi connectivity index (χ2n) is 5.70. The molecule has 0 bridgehead atoms. The first-order valence-electron chi connectivity index (χ1n) is 8.08. The SMILES string of the molecule is COc1ccc2nc(CNC(=O)c3cnc(-c4cccs4)[nH]c3=O)[nH]c2c1. The number of hydrogen-bond acceptors (Lipinski definition) is 6. The Morgan fingerprint density at radius 1 is 1.30 bits per heavy atom. The molecular formula is C18H15N5O3S. The van der Waals surface area contributed by atoms with Crippen molar-refractivity contribution >= 4 is 28.3 Å². The zero-order valence-corrected chi connectivity index (χ0v) is 15.1. The summed E-state index contributed by atoms with van der Waals surface area (Å²) in [6.07, 6.45) is 1.28. The maximum Gasteiger partial charge on any atom is 0.264 e. The summed E-state index contributed by atoms with van der Waals surface area (Å²) in [4.78, 5) is 39.7. The van der Waals surface area contributed by atoms with E-state index < -0.39 is 11.5 Å². The maximum atomic E-state index is 12.3. The number of amides is 1. The third kappa shape index (κ3) is 3.44. The molecule has 3 N–H and O–H groups in total. The van der Waals surface area contributed by atoms with Crippen LogP contribution in [0.3, 0.4) is 0 Å². The number of aromatic nitrogens is 4. The number of aromatic amines is 2. The van der Waals surface area contributed by atoms with E-state index in [2.05, 4.69) is 25.3 Å². The number of hydrogen-bond donors (Lipinski definition) is 3. The molecule has 27 heavy (non-hydrogen) atoms. The number of nitrogens with zero attached hydrogens (tertiary/aromatic N) is 2. The van der Waals surface area contributed by atoms with Gasteiger partial charge in [-0.25, -0.2) is 9.97 Å². The number of methoxy groups -OCH3 is 1. The molecule has 0 aliphatic rings. The molecule has 9 heteroatoms. The summed E-state index contributed by atoms with van der Waals surface area (Å²) in [5, 5.41) is 4.57. The van der Waals surface area contributed by atoms with Gasteiger partial charge in [0.15, 0.2) is 0 Å². The Hall–Kier alpha value is -3.46. The second kappa shape index (κ2) is 7.04. The van der Waals surface area contributed by atoms with Crippen LogP contribution in [-0.4, -0.2) is 33.0 Å². The van der Waals surface area contributed by atoms with Crippen LogP contribution >= 0.6 is 11.3 Å². The highest BCUT2D eigenvalue weighted by atomic mass is 32.1. The lowest BCUT2D eigenvalue weighted by Crippen LogP contribution is -2.30. The highest BCUT2D eigenvalue weighted by Gasteiger charge is 2.13. The standard InChI is InChI=1S/C18H15N5O3S/c1-26-10-4-5-12-13(7-10)22-15(21-12)9-20-17(24)11-8-19-16(23-18(11)25)14-3-2-6-27-14/h2-8H,9H2,1H3,(H,20,24)(H,21,22)(H,19,23,25). The van der Waals surface area contributed by atoms with Gasteiger partial charge < -0.3 is 20.0 Å². The topological polar surface area (TPSA) is 113 Å². The molecule has 0 aliphatic heterocycles. The molecule has 0 saturated heterocycles. The van der Waals surface area contributed by atoms with E-state index in [1.165, 1.54) is 17.5 Å². The van der Waals surface area contributed by atoms with Crippen LogP contribution in [0.25, 0.3) is 21.7 Å². The van der Waals surface area contributed by atoms with Gasteiger partial charge >= 0.3 is 0 Å². The Morgan fingerprint density at radius 2 is 2.19 bits per heavy atom. The van der Waals surface area contributed by atoms with E-state index >= 15 is 0 Å². The van der Waals surface area contributed by atoms with E-state index in [9.17, 15) is 9.59 Å². The monoisotopic (exact) mass is 381 g/mol. The first kappa shape index (κ1) is 17.0. The zero-order chi connectivity index (χ0) is 18.8. The number of H-pyrrole nitrogens is 2. The van der Waals surface area contributed by atoms with E-state index in [0.717, 1.165) is 15.9 Å². The highest BCUT2D eigenvalue weighted by Crippen LogP contribution is 2.20. The molecule has 0 fully saturated rings. The summed E-state index contributed by atoms with van der Waals surface area (Å²) < 4.78 is 5.18. The minimum atomic E-state index is -0.514. The van der Waals surface area contributed by atoms with E-state index in [4.69, 9.17) is 4.74 Å². The van der Waals surface area contributed by atoms with Crippen molar-refractivity contribution in [3.8, 4) is 16.5 Å². The number of benzene rings is 1. The van der Waals surface area contributed by atoms with Crippen LogP contribution in [0, 0.1) is 0 Å². The molecule has 8 nitrogen and oxygen atoms in total. The fourth-order valence-corrected chi connectivity index (χ4v) is 3.28. The highest BCUT2D eigenvalue weighted by molar-refractivity contribution is 7.13. The number of fused-ring (bicyclic) bond motifs is 1. The van der Waals surface area contributed by atoms with Crippen LogP contribution < -0.4 is 15.6 Å². The van der Waals surface area contributed by atoms with E-state index in [1.807, 2.05) is 35.7 Å². The first-order valence-corrected chi connectivity index (χ1v) is 8.96. The van der Waals surface area contributed by atoms with Gasteiger partial charge in [0, 0.05) is 12.3 Å². The Bertz CT molecular complexity index is 1160. The summed E-state index contributed by atoms with van der Waals surface area (Å²) in [5.74, 6) is 1.22. The molecule has 0 atom stereocenters. The number of carbonyl (C=O) groups is 1. The van der Waals surface area contributed by atoms with E-state index in [0.29, 0.717) is 17.4 Å². The van der Waals surface area contributed by atoms with Gasteiger partial charge in [-0.05, 0) is 23.6 Å². The third-order valence-electron chi connectivity index (χ3n) is 3.95. The molecule has 0 unspecified atom stereocenters. The van der Waals surface area contributed by atoms with Crippen LogP contribution in [-0.2, 0) is 6.54 Å². The third-order valence-corrected chi connectivity index (χ3v) is 4.83. The van der Waals surface area contributed by atoms with Crippen LogP contribution in [0.1, 0.15) is 16.2 Å². The molecule has 1 amide bonds. The molecule has 4 rings (SSSR count). The summed E-state index contributed by atoms with van der Waals surface area (Å²) >= 11 is 1.46. The van der Waals surface area contributed by atoms with Crippen molar-refractivity contribution in [2.45, 2.75) is 6.54 Å². The van der Waals surface area contributed by atoms with Crippen LogP contribution in [0.2, 0.25) is 0 Å².